The molecule has 2 aliphatic carbocycles. The summed E-state index contributed by atoms with van der Waals surface area (Å²) in [5.41, 5.74) is 0. The maximum absolute atomic E-state index is 12.6. The van der Waals surface area contributed by atoms with E-state index in [1.165, 1.54) is 25.7 Å². The molecule has 0 radical (unpaired) electrons. The molecule has 1 N–H and O–H groups in total. The zero-order chi connectivity index (χ0) is 12.9. The molecule has 2 saturated carbocycles. The highest BCUT2D eigenvalue weighted by atomic mass is 16.2. The van der Waals surface area contributed by atoms with Crippen molar-refractivity contribution in [2.24, 2.45) is 17.8 Å². The van der Waals surface area contributed by atoms with E-state index in [-0.39, 0.29) is 12.2 Å². The molecule has 3 rings (SSSR count). The molecule has 3 heteroatoms. The summed E-state index contributed by atoms with van der Waals surface area (Å²) in [7, 11) is 0. The molecule has 2 bridgehead atoms. The van der Waals surface area contributed by atoms with Gasteiger partial charge in [-0.3, -0.25) is 10.1 Å². The highest BCUT2D eigenvalue weighted by Crippen LogP contribution is 2.47. The minimum atomic E-state index is 0.0686. The Morgan fingerprint density at radius 1 is 1.33 bits per heavy atom. The lowest BCUT2D eigenvalue weighted by molar-refractivity contribution is -0.133. The maximum atomic E-state index is 12.6. The molecule has 0 aromatic carbocycles. The second-order valence-electron chi connectivity index (χ2n) is 7.01. The van der Waals surface area contributed by atoms with E-state index in [1.807, 2.05) is 0 Å². The van der Waals surface area contributed by atoms with Crippen molar-refractivity contribution in [2.75, 3.05) is 0 Å². The van der Waals surface area contributed by atoms with Crippen molar-refractivity contribution >= 4 is 5.91 Å². The van der Waals surface area contributed by atoms with Gasteiger partial charge in [0.25, 0.3) is 0 Å². The molecule has 0 aromatic rings. The molecular formula is C15H26N2O. The first-order valence-corrected chi connectivity index (χ1v) is 7.64. The summed E-state index contributed by atoms with van der Waals surface area (Å²) in [4.78, 5) is 14.8. The number of nitrogens with zero attached hydrogens (tertiary/aromatic N) is 1. The van der Waals surface area contributed by atoms with Gasteiger partial charge in [0.1, 0.15) is 0 Å². The van der Waals surface area contributed by atoms with E-state index in [0.29, 0.717) is 17.9 Å². The Kier molecular flexibility index (Phi) is 3.13. The highest BCUT2D eigenvalue weighted by Gasteiger charge is 2.48. The monoisotopic (exact) mass is 250 g/mol. The Hall–Kier alpha value is -0.570. The molecule has 5 atom stereocenters. The van der Waals surface area contributed by atoms with E-state index < -0.39 is 0 Å². The number of nitrogens with one attached hydrogen (secondary N) is 1. The van der Waals surface area contributed by atoms with Gasteiger partial charge in [0.2, 0.25) is 5.91 Å². The van der Waals surface area contributed by atoms with Gasteiger partial charge in [-0.2, -0.15) is 0 Å². The Balaban J connectivity index is 1.71. The summed E-state index contributed by atoms with van der Waals surface area (Å²) in [6, 6.07) is 0.607. The van der Waals surface area contributed by atoms with Crippen LogP contribution in [0.2, 0.25) is 0 Å². The van der Waals surface area contributed by atoms with Crippen LogP contribution in [0.5, 0.6) is 0 Å². The number of carbonyl (C=O) groups is 1. The molecule has 1 amide bonds. The number of carbonyl (C=O) groups excluding carboxylic acids is 1. The number of hydrogen-bond donors (Lipinski definition) is 1. The van der Waals surface area contributed by atoms with Gasteiger partial charge < -0.3 is 4.90 Å². The van der Waals surface area contributed by atoms with Crippen LogP contribution < -0.4 is 5.32 Å². The molecular weight excluding hydrogens is 224 g/mol. The van der Waals surface area contributed by atoms with Crippen LogP contribution in [0.3, 0.4) is 0 Å². The molecule has 3 fully saturated rings. The highest BCUT2D eigenvalue weighted by molar-refractivity contribution is 5.84. The van der Waals surface area contributed by atoms with Gasteiger partial charge in [0.05, 0.1) is 12.2 Å². The Bertz CT molecular complexity index is 341. The third-order valence-corrected chi connectivity index (χ3v) is 5.18. The molecule has 1 heterocycles. The van der Waals surface area contributed by atoms with Crippen molar-refractivity contribution in [3.63, 3.8) is 0 Å². The average molecular weight is 250 g/mol. The first-order valence-electron chi connectivity index (χ1n) is 7.64. The van der Waals surface area contributed by atoms with Crippen LogP contribution in [-0.2, 0) is 4.79 Å². The lowest BCUT2D eigenvalue weighted by atomic mass is 9.93. The fraction of sp³-hybridized carbons (Fsp3) is 0.933. The minimum absolute atomic E-state index is 0.0686. The van der Waals surface area contributed by atoms with Crippen LogP contribution in [0, 0.1) is 17.8 Å². The maximum Gasteiger partial charge on any atom is 0.241 e. The SMILES string of the molecule is CC(C)CC1NC(C)N(C2CC3CCC2C3)C1=O. The van der Waals surface area contributed by atoms with E-state index in [2.05, 4.69) is 31.0 Å². The van der Waals surface area contributed by atoms with Gasteiger partial charge in [-0.1, -0.05) is 20.3 Å². The second kappa shape index (κ2) is 4.52. The standard InChI is InChI=1S/C15H26N2O/c1-9(2)6-13-15(18)17(10(3)16-13)14-8-11-4-5-12(14)7-11/h9-14,16H,4-8H2,1-3H3. The van der Waals surface area contributed by atoms with Gasteiger partial charge in [0, 0.05) is 6.04 Å². The normalized spacial score (nSPS) is 43.4. The Labute approximate surface area is 110 Å². The van der Waals surface area contributed by atoms with Crippen molar-refractivity contribution < 1.29 is 4.79 Å². The van der Waals surface area contributed by atoms with Crippen molar-refractivity contribution in [3.05, 3.63) is 0 Å². The first kappa shape index (κ1) is 12.5. The van der Waals surface area contributed by atoms with E-state index in [0.717, 1.165) is 18.3 Å². The quantitative estimate of drug-likeness (QED) is 0.834. The second-order valence-corrected chi connectivity index (χ2v) is 7.01. The van der Waals surface area contributed by atoms with Crippen molar-refractivity contribution in [3.8, 4) is 0 Å². The van der Waals surface area contributed by atoms with Gasteiger partial charge in [0.15, 0.2) is 0 Å². The molecule has 0 aromatic heterocycles. The van der Waals surface area contributed by atoms with Crippen molar-refractivity contribution in [1.82, 2.24) is 10.2 Å². The molecule has 0 spiro atoms. The smallest absolute Gasteiger partial charge is 0.241 e. The van der Waals surface area contributed by atoms with E-state index in [4.69, 9.17) is 0 Å². The van der Waals surface area contributed by atoms with Gasteiger partial charge in [-0.25, -0.2) is 0 Å². The number of rotatable bonds is 3. The predicted octanol–water partition coefficient (Wildman–Crippen LogP) is 2.37. The summed E-state index contributed by atoms with van der Waals surface area (Å²) in [5.74, 6) is 2.65. The third-order valence-electron chi connectivity index (χ3n) is 5.18. The lowest BCUT2D eigenvalue weighted by Gasteiger charge is -2.34. The predicted molar refractivity (Wildman–Crippen MR) is 71.9 cm³/mol. The van der Waals surface area contributed by atoms with Gasteiger partial charge >= 0.3 is 0 Å². The summed E-state index contributed by atoms with van der Waals surface area (Å²) in [5, 5.41) is 3.50. The summed E-state index contributed by atoms with van der Waals surface area (Å²) in [6.07, 6.45) is 6.60. The molecule has 3 aliphatic rings. The van der Waals surface area contributed by atoms with Crippen LogP contribution in [0.25, 0.3) is 0 Å². The van der Waals surface area contributed by atoms with Gasteiger partial charge in [-0.15, -0.1) is 0 Å². The van der Waals surface area contributed by atoms with Gasteiger partial charge in [-0.05, 0) is 50.4 Å². The summed E-state index contributed by atoms with van der Waals surface area (Å²) >= 11 is 0. The lowest BCUT2D eigenvalue weighted by Crippen LogP contribution is -2.45. The van der Waals surface area contributed by atoms with E-state index in [1.54, 1.807) is 0 Å². The fourth-order valence-electron chi connectivity index (χ4n) is 4.46. The van der Waals surface area contributed by atoms with E-state index in [9.17, 15) is 4.79 Å². The fourth-order valence-corrected chi connectivity index (χ4v) is 4.46. The van der Waals surface area contributed by atoms with Crippen LogP contribution in [0.1, 0.15) is 52.9 Å². The topological polar surface area (TPSA) is 32.3 Å². The molecule has 102 valence electrons. The molecule has 3 nitrogen and oxygen atoms in total. The van der Waals surface area contributed by atoms with Crippen LogP contribution in [-0.4, -0.2) is 29.1 Å². The molecule has 1 aliphatic heterocycles. The third kappa shape index (κ3) is 1.97. The average Bonchev–Trinajstić information content (AvgIpc) is 2.94. The van der Waals surface area contributed by atoms with E-state index >= 15 is 0 Å². The number of hydrogen-bond acceptors (Lipinski definition) is 2. The minimum Gasteiger partial charge on any atom is -0.323 e. The van der Waals surface area contributed by atoms with Crippen LogP contribution in [0.15, 0.2) is 0 Å². The van der Waals surface area contributed by atoms with Crippen LogP contribution >= 0.6 is 0 Å². The summed E-state index contributed by atoms with van der Waals surface area (Å²) < 4.78 is 0. The molecule has 1 saturated heterocycles. The molecule has 18 heavy (non-hydrogen) atoms. The largest absolute Gasteiger partial charge is 0.323 e. The zero-order valence-corrected chi connectivity index (χ0v) is 11.9. The molecule has 5 unspecified atom stereocenters. The first-order chi connectivity index (χ1) is 8.56. The Morgan fingerprint density at radius 2 is 2.11 bits per heavy atom. The number of amides is 1. The zero-order valence-electron chi connectivity index (χ0n) is 11.9. The van der Waals surface area contributed by atoms with Crippen LogP contribution in [0.4, 0.5) is 0 Å². The summed E-state index contributed by atoms with van der Waals surface area (Å²) in [6.45, 7) is 6.55. The van der Waals surface area contributed by atoms with Crippen molar-refractivity contribution in [1.29, 1.82) is 0 Å². The Morgan fingerprint density at radius 3 is 2.67 bits per heavy atom. The number of fused-ring (bicyclic) bond motifs is 2. The van der Waals surface area contributed by atoms with Crippen molar-refractivity contribution in [2.45, 2.75) is 71.1 Å².